The van der Waals surface area contributed by atoms with Crippen molar-refractivity contribution in [3.05, 3.63) is 59.7 Å². The van der Waals surface area contributed by atoms with Crippen LogP contribution >= 0.6 is 0 Å². The van der Waals surface area contributed by atoms with Crippen LogP contribution in [0.2, 0.25) is 0 Å². The van der Waals surface area contributed by atoms with E-state index in [0.717, 1.165) is 17.8 Å². The van der Waals surface area contributed by atoms with Crippen molar-refractivity contribution in [2.24, 2.45) is 0 Å². The Hall–Kier alpha value is -3.01. The molecule has 4 nitrogen and oxygen atoms in total. The van der Waals surface area contributed by atoms with Crippen LogP contribution in [-0.4, -0.2) is 12.5 Å². The van der Waals surface area contributed by atoms with Crippen LogP contribution in [0, 0.1) is 11.3 Å². The second kappa shape index (κ2) is 7.51. The van der Waals surface area contributed by atoms with Gasteiger partial charge in [0.25, 0.3) is 0 Å². The first-order valence-electron chi connectivity index (χ1n) is 7.09. The molecule has 124 valence electrons. The summed E-state index contributed by atoms with van der Waals surface area (Å²) in [6.07, 6.45) is -4.26. The van der Waals surface area contributed by atoms with Crippen molar-refractivity contribution in [2.45, 2.75) is 12.6 Å². The number of rotatable bonds is 5. The van der Waals surface area contributed by atoms with Crippen LogP contribution in [-0.2, 0) is 11.0 Å². The summed E-state index contributed by atoms with van der Waals surface area (Å²) < 4.78 is 37.3. The fourth-order valence-electron chi connectivity index (χ4n) is 1.99. The number of nitrogens with one attached hydrogen (secondary N) is 2. The summed E-state index contributed by atoms with van der Waals surface area (Å²) in [5, 5.41) is 14.3. The average molecular weight is 333 g/mol. The molecule has 2 aromatic carbocycles. The Morgan fingerprint density at radius 1 is 1.08 bits per heavy atom. The number of hydrogen-bond donors (Lipinski definition) is 2. The first-order chi connectivity index (χ1) is 11.4. The Balaban J connectivity index is 1.82. The van der Waals surface area contributed by atoms with Crippen LogP contribution in [0.4, 0.5) is 24.5 Å². The minimum absolute atomic E-state index is 0.137. The van der Waals surface area contributed by atoms with E-state index >= 15 is 0 Å². The quantitative estimate of drug-likeness (QED) is 0.869. The molecule has 0 heterocycles. The summed E-state index contributed by atoms with van der Waals surface area (Å²) in [6, 6.07) is 13.1. The number of anilines is 2. The third kappa shape index (κ3) is 5.02. The maximum absolute atomic E-state index is 12.4. The standard InChI is InChI=1S/C17H14F3N3O/c18-17(19,20)13-4-6-14(7-5-13)23-16(24)8-9-22-15-3-1-2-12(10-15)11-21/h1-7,10,22H,8-9H2,(H,23,24). The average Bonchev–Trinajstić information content (AvgIpc) is 2.54. The highest BCUT2D eigenvalue weighted by Gasteiger charge is 2.29. The van der Waals surface area contributed by atoms with Crippen LogP contribution in [0.5, 0.6) is 0 Å². The van der Waals surface area contributed by atoms with Gasteiger partial charge < -0.3 is 10.6 Å². The van der Waals surface area contributed by atoms with E-state index in [4.69, 9.17) is 5.26 Å². The molecular formula is C17H14F3N3O. The summed E-state index contributed by atoms with van der Waals surface area (Å²) in [7, 11) is 0. The van der Waals surface area contributed by atoms with E-state index in [1.165, 1.54) is 12.1 Å². The van der Waals surface area contributed by atoms with Gasteiger partial charge in [0.1, 0.15) is 0 Å². The minimum Gasteiger partial charge on any atom is -0.384 e. The number of hydrogen-bond acceptors (Lipinski definition) is 3. The van der Waals surface area contributed by atoms with Gasteiger partial charge in [0.15, 0.2) is 0 Å². The number of nitrogens with zero attached hydrogens (tertiary/aromatic N) is 1. The van der Waals surface area contributed by atoms with Gasteiger partial charge in [-0.15, -0.1) is 0 Å². The normalized spacial score (nSPS) is 10.8. The number of benzene rings is 2. The smallest absolute Gasteiger partial charge is 0.384 e. The van der Waals surface area contributed by atoms with E-state index in [2.05, 4.69) is 10.6 Å². The first kappa shape index (κ1) is 17.3. The van der Waals surface area contributed by atoms with Gasteiger partial charge in [0, 0.05) is 24.3 Å². The van der Waals surface area contributed by atoms with Crippen LogP contribution in [0.25, 0.3) is 0 Å². The Labute approximate surface area is 136 Å². The number of alkyl halides is 3. The fourth-order valence-corrected chi connectivity index (χ4v) is 1.99. The molecule has 2 N–H and O–H groups in total. The van der Waals surface area contributed by atoms with Crippen LogP contribution < -0.4 is 10.6 Å². The molecule has 0 aliphatic rings. The van der Waals surface area contributed by atoms with E-state index in [1.54, 1.807) is 24.3 Å². The Kier molecular flexibility index (Phi) is 5.42. The summed E-state index contributed by atoms with van der Waals surface area (Å²) >= 11 is 0. The number of carbonyl (C=O) groups is 1. The molecule has 0 aliphatic carbocycles. The van der Waals surface area contributed by atoms with Crippen molar-refractivity contribution >= 4 is 17.3 Å². The largest absolute Gasteiger partial charge is 0.416 e. The van der Waals surface area contributed by atoms with E-state index in [9.17, 15) is 18.0 Å². The molecule has 0 saturated carbocycles. The lowest BCUT2D eigenvalue weighted by Gasteiger charge is -2.09. The van der Waals surface area contributed by atoms with E-state index < -0.39 is 11.7 Å². The van der Waals surface area contributed by atoms with Gasteiger partial charge in [-0.05, 0) is 42.5 Å². The van der Waals surface area contributed by atoms with E-state index in [0.29, 0.717) is 17.8 Å². The highest BCUT2D eigenvalue weighted by Crippen LogP contribution is 2.29. The predicted molar refractivity (Wildman–Crippen MR) is 84.3 cm³/mol. The Morgan fingerprint density at radius 3 is 2.42 bits per heavy atom. The van der Waals surface area contributed by atoms with Gasteiger partial charge in [-0.25, -0.2) is 0 Å². The van der Waals surface area contributed by atoms with Crippen molar-refractivity contribution in [1.82, 2.24) is 0 Å². The van der Waals surface area contributed by atoms with Gasteiger partial charge in [-0.1, -0.05) is 6.07 Å². The first-order valence-corrected chi connectivity index (χ1v) is 7.09. The number of halogens is 3. The molecule has 0 saturated heterocycles. The molecule has 0 radical (unpaired) electrons. The van der Waals surface area contributed by atoms with Crippen molar-refractivity contribution < 1.29 is 18.0 Å². The highest BCUT2D eigenvalue weighted by atomic mass is 19.4. The second-order valence-corrected chi connectivity index (χ2v) is 4.99. The lowest BCUT2D eigenvalue weighted by molar-refractivity contribution is -0.137. The van der Waals surface area contributed by atoms with Gasteiger partial charge in [0.05, 0.1) is 17.2 Å². The van der Waals surface area contributed by atoms with Crippen LogP contribution in [0.1, 0.15) is 17.5 Å². The van der Waals surface area contributed by atoms with E-state index in [-0.39, 0.29) is 12.3 Å². The zero-order valence-corrected chi connectivity index (χ0v) is 12.5. The summed E-state index contributed by atoms with van der Waals surface area (Å²) in [5.74, 6) is -0.321. The molecule has 2 rings (SSSR count). The van der Waals surface area contributed by atoms with Crippen LogP contribution in [0.15, 0.2) is 48.5 Å². The maximum Gasteiger partial charge on any atom is 0.416 e. The molecule has 2 aromatic rings. The number of carbonyl (C=O) groups excluding carboxylic acids is 1. The van der Waals surface area contributed by atoms with Crippen LogP contribution in [0.3, 0.4) is 0 Å². The second-order valence-electron chi connectivity index (χ2n) is 4.99. The minimum atomic E-state index is -4.40. The molecular weight excluding hydrogens is 319 g/mol. The van der Waals surface area contributed by atoms with Crippen molar-refractivity contribution in [1.29, 1.82) is 5.26 Å². The molecule has 0 fully saturated rings. The lowest BCUT2D eigenvalue weighted by Crippen LogP contribution is -2.16. The molecule has 7 heteroatoms. The van der Waals surface area contributed by atoms with Gasteiger partial charge >= 0.3 is 6.18 Å². The molecule has 1 amide bonds. The van der Waals surface area contributed by atoms with Crippen molar-refractivity contribution in [3.8, 4) is 6.07 Å². The topological polar surface area (TPSA) is 64.9 Å². The molecule has 0 unspecified atom stereocenters. The number of amides is 1. The Bertz CT molecular complexity index is 749. The van der Waals surface area contributed by atoms with Crippen molar-refractivity contribution in [2.75, 3.05) is 17.2 Å². The monoisotopic (exact) mass is 333 g/mol. The molecule has 0 bridgehead atoms. The third-order valence-electron chi connectivity index (χ3n) is 3.17. The zero-order valence-electron chi connectivity index (χ0n) is 12.5. The molecule has 0 aromatic heterocycles. The Morgan fingerprint density at radius 2 is 1.79 bits per heavy atom. The SMILES string of the molecule is N#Cc1cccc(NCCC(=O)Nc2ccc(C(F)(F)F)cc2)c1. The summed E-state index contributed by atoms with van der Waals surface area (Å²) in [4.78, 5) is 11.8. The molecule has 24 heavy (non-hydrogen) atoms. The maximum atomic E-state index is 12.4. The molecule has 0 spiro atoms. The van der Waals surface area contributed by atoms with Gasteiger partial charge in [-0.2, -0.15) is 18.4 Å². The summed E-state index contributed by atoms with van der Waals surface area (Å²) in [5.41, 5.74) is 0.768. The van der Waals surface area contributed by atoms with E-state index in [1.807, 2.05) is 6.07 Å². The fraction of sp³-hybridized carbons (Fsp3) is 0.176. The van der Waals surface area contributed by atoms with Crippen molar-refractivity contribution in [3.63, 3.8) is 0 Å². The predicted octanol–water partition coefficient (Wildman–Crippen LogP) is 4.02. The van der Waals surface area contributed by atoms with Gasteiger partial charge in [0.2, 0.25) is 5.91 Å². The number of nitriles is 1. The molecule has 0 atom stereocenters. The van der Waals surface area contributed by atoms with Gasteiger partial charge in [-0.3, -0.25) is 4.79 Å². The lowest BCUT2D eigenvalue weighted by atomic mass is 10.2. The third-order valence-corrected chi connectivity index (χ3v) is 3.17. The zero-order chi connectivity index (χ0) is 17.6. The molecule has 0 aliphatic heterocycles. The summed E-state index contributed by atoms with van der Waals surface area (Å²) in [6.45, 7) is 0.335. The highest BCUT2D eigenvalue weighted by molar-refractivity contribution is 5.91.